The number of ether oxygens (including phenoxy) is 1. The predicted octanol–water partition coefficient (Wildman–Crippen LogP) is 3.61. The molecule has 1 aliphatic rings. The van der Waals surface area contributed by atoms with Crippen LogP contribution in [0.4, 0.5) is 13.2 Å². The van der Waals surface area contributed by atoms with Crippen molar-refractivity contribution in [3.8, 4) is 0 Å². The van der Waals surface area contributed by atoms with E-state index in [0.717, 1.165) is 18.4 Å². The maximum Gasteiger partial charge on any atom is 0.411 e. The van der Waals surface area contributed by atoms with E-state index in [2.05, 4.69) is 5.32 Å². The molecule has 3 nitrogen and oxygen atoms in total. The lowest BCUT2D eigenvalue weighted by Gasteiger charge is -2.30. The molecule has 2 atom stereocenters. The molecule has 122 valence electrons. The zero-order valence-electron chi connectivity index (χ0n) is 12.5. The summed E-state index contributed by atoms with van der Waals surface area (Å²) in [4.78, 5) is 12.1. The van der Waals surface area contributed by atoms with Gasteiger partial charge in [-0.15, -0.1) is 0 Å². The molecule has 1 saturated carbocycles. The van der Waals surface area contributed by atoms with Crippen LogP contribution in [-0.2, 0) is 4.74 Å². The van der Waals surface area contributed by atoms with Crippen molar-refractivity contribution in [3.63, 3.8) is 0 Å². The molecule has 0 spiro atoms. The van der Waals surface area contributed by atoms with Crippen molar-refractivity contribution >= 4 is 5.91 Å². The van der Waals surface area contributed by atoms with Gasteiger partial charge >= 0.3 is 6.18 Å². The summed E-state index contributed by atoms with van der Waals surface area (Å²) in [6, 6.07) is 7.05. The lowest BCUT2D eigenvalue weighted by atomic mass is 9.92. The van der Waals surface area contributed by atoms with Gasteiger partial charge in [-0.3, -0.25) is 4.79 Å². The van der Waals surface area contributed by atoms with Gasteiger partial charge in [0.05, 0.1) is 6.10 Å². The summed E-state index contributed by atoms with van der Waals surface area (Å²) >= 11 is 0. The van der Waals surface area contributed by atoms with Crippen LogP contribution in [0.2, 0.25) is 0 Å². The number of carbonyl (C=O) groups is 1. The number of alkyl halides is 3. The summed E-state index contributed by atoms with van der Waals surface area (Å²) in [6.45, 7) is 0.710. The van der Waals surface area contributed by atoms with Crippen molar-refractivity contribution in [2.45, 2.75) is 50.9 Å². The van der Waals surface area contributed by atoms with Crippen LogP contribution in [0.15, 0.2) is 24.3 Å². The Morgan fingerprint density at radius 2 is 1.95 bits per heavy atom. The number of hydrogen-bond acceptors (Lipinski definition) is 2. The topological polar surface area (TPSA) is 38.3 Å². The second kappa shape index (κ2) is 7.13. The molecule has 1 N–H and O–H groups in total. The highest BCUT2D eigenvalue weighted by Gasteiger charge is 2.31. The molecule has 0 bridgehead atoms. The minimum absolute atomic E-state index is 0.138. The van der Waals surface area contributed by atoms with Crippen LogP contribution in [0.3, 0.4) is 0 Å². The molecule has 1 aliphatic carbocycles. The molecule has 22 heavy (non-hydrogen) atoms. The first-order chi connectivity index (χ1) is 10.3. The largest absolute Gasteiger partial charge is 0.411 e. The van der Waals surface area contributed by atoms with Gasteiger partial charge in [0, 0.05) is 11.6 Å². The number of halogens is 3. The van der Waals surface area contributed by atoms with Crippen LogP contribution in [0.1, 0.15) is 41.6 Å². The lowest BCUT2D eigenvalue weighted by molar-refractivity contribution is -0.188. The van der Waals surface area contributed by atoms with E-state index in [-0.39, 0.29) is 11.9 Å². The fourth-order valence-electron chi connectivity index (χ4n) is 2.61. The molecule has 0 heterocycles. The van der Waals surface area contributed by atoms with Crippen LogP contribution < -0.4 is 5.32 Å². The average molecular weight is 315 g/mol. The molecule has 2 rings (SSSR count). The van der Waals surface area contributed by atoms with E-state index in [1.807, 2.05) is 19.1 Å². The van der Waals surface area contributed by atoms with Crippen molar-refractivity contribution in [1.82, 2.24) is 5.32 Å². The molecule has 6 heteroatoms. The highest BCUT2D eigenvalue weighted by Crippen LogP contribution is 2.24. The molecule has 1 aromatic carbocycles. The zero-order valence-corrected chi connectivity index (χ0v) is 12.5. The maximum absolute atomic E-state index is 12.2. The van der Waals surface area contributed by atoms with Gasteiger partial charge < -0.3 is 10.1 Å². The van der Waals surface area contributed by atoms with Gasteiger partial charge in [0.25, 0.3) is 5.91 Å². The lowest BCUT2D eigenvalue weighted by Crippen LogP contribution is -2.41. The van der Waals surface area contributed by atoms with E-state index < -0.39 is 18.9 Å². The summed E-state index contributed by atoms with van der Waals surface area (Å²) in [5.74, 6) is -0.193. The fraction of sp³-hybridized carbons (Fsp3) is 0.562. The third kappa shape index (κ3) is 5.33. The fourth-order valence-corrected chi connectivity index (χ4v) is 2.61. The second-order valence-corrected chi connectivity index (χ2v) is 5.75. The Balaban J connectivity index is 1.84. The standard InChI is InChI=1S/C16H20F3NO2/c1-11-5-7-12(8-6-11)15(21)20-13-3-2-4-14(9-13)22-10-16(17,18)19/h5-8,13-14H,2-4,9-10H2,1H3,(H,20,21)/t13-,14-/m0/s1. The Hall–Kier alpha value is -1.56. The van der Waals surface area contributed by atoms with Gasteiger partial charge in [-0.25, -0.2) is 0 Å². The molecule has 1 fully saturated rings. The molecule has 0 saturated heterocycles. The normalized spacial score (nSPS) is 22.4. The molecule has 1 aromatic rings. The zero-order chi connectivity index (χ0) is 16.2. The number of nitrogens with one attached hydrogen (secondary N) is 1. The van der Waals surface area contributed by atoms with Crippen molar-refractivity contribution in [2.24, 2.45) is 0 Å². The van der Waals surface area contributed by atoms with Gasteiger partial charge in [-0.05, 0) is 44.7 Å². The third-order valence-electron chi connectivity index (χ3n) is 3.76. The number of hydrogen-bond donors (Lipinski definition) is 1. The van der Waals surface area contributed by atoms with E-state index in [9.17, 15) is 18.0 Å². The number of rotatable bonds is 4. The smallest absolute Gasteiger partial charge is 0.369 e. The van der Waals surface area contributed by atoms with E-state index in [1.165, 1.54) is 0 Å². The Bertz CT molecular complexity index is 499. The molecule has 1 amide bonds. The first-order valence-electron chi connectivity index (χ1n) is 7.39. The number of benzene rings is 1. The van der Waals surface area contributed by atoms with Crippen LogP contribution in [0, 0.1) is 6.92 Å². The molecular formula is C16H20F3NO2. The van der Waals surface area contributed by atoms with E-state index in [0.29, 0.717) is 18.4 Å². The maximum atomic E-state index is 12.2. The summed E-state index contributed by atoms with van der Waals surface area (Å²) in [5.41, 5.74) is 1.62. The minimum Gasteiger partial charge on any atom is -0.369 e. The molecule has 0 unspecified atom stereocenters. The Kier molecular flexibility index (Phi) is 5.45. The number of aryl methyl sites for hydroxylation is 1. The first-order valence-corrected chi connectivity index (χ1v) is 7.39. The Morgan fingerprint density at radius 3 is 2.59 bits per heavy atom. The summed E-state index contributed by atoms with van der Waals surface area (Å²) in [5, 5.41) is 2.88. The summed E-state index contributed by atoms with van der Waals surface area (Å²) in [6.07, 6.45) is -2.21. The van der Waals surface area contributed by atoms with Crippen LogP contribution in [0.25, 0.3) is 0 Å². The number of amides is 1. The van der Waals surface area contributed by atoms with Crippen LogP contribution in [0.5, 0.6) is 0 Å². The summed E-state index contributed by atoms with van der Waals surface area (Å²) < 4.78 is 41.4. The van der Waals surface area contributed by atoms with E-state index in [4.69, 9.17) is 4.74 Å². The van der Waals surface area contributed by atoms with Crippen molar-refractivity contribution < 1.29 is 22.7 Å². The number of carbonyl (C=O) groups excluding carboxylic acids is 1. The van der Waals surface area contributed by atoms with Crippen molar-refractivity contribution in [2.75, 3.05) is 6.61 Å². The minimum atomic E-state index is -4.31. The molecule has 0 radical (unpaired) electrons. The van der Waals surface area contributed by atoms with Crippen molar-refractivity contribution in [3.05, 3.63) is 35.4 Å². The SMILES string of the molecule is Cc1ccc(C(=O)N[C@H]2CCC[C@H](OCC(F)(F)F)C2)cc1. The van der Waals surface area contributed by atoms with Crippen LogP contribution >= 0.6 is 0 Å². The summed E-state index contributed by atoms with van der Waals surface area (Å²) in [7, 11) is 0. The Morgan fingerprint density at radius 1 is 1.27 bits per heavy atom. The highest BCUT2D eigenvalue weighted by atomic mass is 19.4. The van der Waals surface area contributed by atoms with E-state index in [1.54, 1.807) is 12.1 Å². The first kappa shape index (κ1) is 16.8. The van der Waals surface area contributed by atoms with Gasteiger partial charge in [0.15, 0.2) is 0 Å². The third-order valence-corrected chi connectivity index (χ3v) is 3.76. The van der Waals surface area contributed by atoms with Crippen molar-refractivity contribution in [1.29, 1.82) is 0 Å². The van der Waals surface area contributed by atoms with Gasteiger partial charge in [0.2, 0.25) is 0 Å². The second-order valence-electron chi connectivity index (χ2n) is 5.75. The quantitative estimate of drug-likeness (QED) is 0.921. The van der Waals surface area contributed by atoms with E-state index >= 15 is 0 Å². The molecular weight excluding hydrogens is 295 g/mol. The molecule has 0 aromatic heterocycles. The monoisotopic (exact) mass is 315 g/mol. The highest BCUT2D eigenvalue weighted by molar-refractivity contribution is 5.94. The van der Waals surface area contributed by atoms with Crippen LogP contribution in [-0.4, -0.2) is 30.8 Å². The average Bonchev–Trinajstić information content (AvgIpc) is 2.45. The van der Waals surface area contributed by atoms with Gasteiger partial charge in [-0.1, -0.05) is 17.7 Å². The van der Waals surface area contributed by atoms with Gasteiger partial charge in [0.1, 0.15) is 6.61 Å². The van der Waals surface area contributed by atoms with Gasteiger partial charge in [-0.2, -0.15) is 13.2 Å². The Labute approximate surface area is 127 Å². The predicted molar refractivity (Wildman–Crippen MR) is 76.7 cm³/mol. The molecule has 0 aliphatic heterocycles.